The highest BCUT2D eigenvalue weighted by atomic mass is 16.4. The summed E-state index contributed by atoms with van der Waals surface area (Å²) in [6.07, 6.45) is 0.862. The third kappa shape index (κ3) is 4.11. The van der Waals surface area contributed by atoms with Gasteiger partial charge in [-0.05, 0) is 57.9 Å². The third-order valence-corrected chi connectivity index (χ3v) is 3.04. The number of hydrogen-bond acceptors (Lipinski definition) is 3. The molecule has 0 radical (unpaired) electrons. The summed E-state index contributed by atoms with van der Waals surface area (Å²) in [5, 5.41) is 11.9. The van der Waals surface area contributed by atoms with E-state index in [9.17, 15) is 4.79 Å². The highest BCUT2D eigenvalue weighted by Gasteiger charge is 2.12. The van der Waals surface area contributed by atoms with Crippen LogP contribution in [0.3, 0.4) is 0 Å². The van der Waals surface area contributed by atoms with Crippen molar-refractivity contribution in [2.24, 2.45) is 0 Å². The van der Waals surface area contributed by atoms with Crippen LogP contribution in [-0.4, -0.2) is 22.6 Å². The average molecular weight is 250 g/mol. The van der Waals surface area contributed by atoms with E-state index in [1.807, 2.05) is 13.8 Å². The molecule has 0 saturated carbocycles. The zero-order chi connectivity index (χ0) is 13.7. The smallest absolute Gasteiger partial charge is 0.303 e. The van der Waals surface area contributed by atoms with Crippen LogP contribution >= 0.6 is 0 Å². The van der Waals surface area contributed by atoms with E-state index in [4.69, 9.17) is 5.11 Å². The largest absolute Gasteiger partial charge is 0.481 e. The number of carbonyl (C=O) groups is 1. The maximum absolute atomic E-state index is 10.4. The topological polar surface area (TPSA) is 62.2 Å². The van der Waals surface area contributed by atoms with Crippen molar-refractivity contribution in [2.75, 3.05) is 6.54 Å². The van der Waals surface area contributed by atoms with Crippen molar-refractivity contribution in [3.05, 3.63) is 28.6 Å². The van der Waals surface area contributed by atoms with Gasteiger partial charge in [0.25, 0.3) is 0 Å². The van der Waals surface area contributed by atoms with Crippen LogP contribution in [0.5, 0.6) is 0 Å². The lowest BCUT2D eigenvalue weighted by Crippen LogP contribution is -2.22. The van der Waals surface area contributed by atoms with Crippen LogP contribution < -0.4 is 5.32 Å². The second kappa shape index (κ2) is 6.50. The number of hydrogen-bond donors (Lipinski definition) is 2. The van der Waals surface area contributed by atoms with Crippen LogP contribution in [0.25, 0.3) is 0 Å². The molecule has 0 aliphatic carbocycles. The van der Waals surface area contributed by atoms with Crippen molar-refractivity contribution in [3.8, 4) is 0 Å². The van der Waals surface area contributed by atoms with Gasteiger partial charge in [-0.1, -0.05) is 0 Å². The molecule has 0 amide bonds. The maximum Gasteiger partial charge on any atom is 0.303 e. The lowest BCUT2D eigenvalue weighted by Gasteiger charge is -2.19. The predicted molar refractivity (Wildman–Crippen MR) is 71.7 cm³/mol. The fourth-order valence-corrected chi connectivity index (χ4v) is 2.35. The number of nitrogens with one attached hydrogen (secondary N) is 1. The van der Waals surface area contributed by atoms with E-state index >= 15 is 0 Å². The lowest BCUT2D eigenvalue weighted by molar-refractivity contribution is -0.137. The van der Waals surface area contributed by atoms with Gasteiger partial charge in [-0.25, -0.2) is 0 Å². The minimum absolute atomic E-state index is 0.201. The summed E-state index contributed by atoms with van der Waals surface area (Å²) in [6.45, 7) is 8.90. The first kappa shape index (κ1) is 14.6. The molecule has 1 rings (SSSR count). The molecule has 4 heteroatoms. The van der Waals surface area contributed by atoms with Crippen molar-refractivity contribution < 1.29 is 9.90 Å². The Morgan fingerprint density at radius 3 is 2.67 bits per heavy atom. The second-order valence-electron chi connectivity index (χ2n) is 4.75. The molecule has 0 aromatic carbocycles. The Kier molecular flexibility index (Phi) is 5.28. The Bertz CT molecular complexity index is 407. The van der Waals surface area contributed by atoms with Gasteiger partial charge in [0, 0.05) is 23.9 Å². The van der Waals surface area contributed by atoms with Gasteiger partial charge in [-0.3, -0.25) is 9.78 Å². The molecule has 1 heterocycles. The van der Waals surface area contributed by atoms with Gasteiger partial charge in [0.2, 0.25) is 0 Å². The number of carboxylic acid groups (broad SMARTS) is 1. The molecule has 0 bridgehead atoms. The van der Waals surface area contributed by atoms with Crippen LogP contribution in [-0.2, 0) is 4.79 Å². The fourth-order valence-electron chi connectivity index (χ4n) is 2.35. The molecule has 1 aromatic heterocycles. The van der Waals surface area contributed by atoms with E-state index in [0.29, 0.717) is 13.0 Å². The first-order valence-corrected chi connectivity index (χ1v) is 6.31. The van der Waals surface area contributed by atoms with E-state index in [1.165, 1.54) is 11.1 Å². The molecule has 1 aromatic rings. The molecule has 0 aliphatic heterocycles. The standard InChI is InChI=1S/C14H22N2O2/c1-9-8-10(2)16-12(4)14(9)11(3)15-7-5-6-13(17)18/h8,11,15H,5-7H2,1-4H3,(H,17,18). The summed E-state index contributed by atoms with van der Waals surface area (Å²) in [6, 6.07) is 2.28. The highest BCUT2D eigenvalue weighted by Crippen LogP contribution is 2.21. The Morgan fingerprint density at radius 1 is 1.44 bits per heavy atom. The van der Waals surface area contributed by atoms with Crippen LogP contribution in [0, 0.1) is 20.8 Å². The van der Waals surface area contributed by atoms with Crippen LogP contribution in [0.1, 0.15) is 48.3 Å². The summed E-state index contributed by atoms with van der Waals surface area (Å²) >= 11 is 0. The summed E-state index contributed by atoms with van der Waals surface area (Å²) in [5.74, 6) is -0.742. The first-order chi connectivity index (χ1) is 8.41. The van der Waals surface area contributed by atoms with E-state index in [2.05, 4.69) is 30.2 Å². The predicted octanol–water partition coefficient (Wildman–Crippen LogP) is 2.52. The van der Waals surface area contributed by atoms with Crippen LogP contribution in [0.15, 0.2) is 6.07 Å². The number of nitrogens with zero attached hydrogens (tertiary/aromatic N) is 1. The van der Waals surface area contributed by atoms with Gasteiger partial charge in [-0.2, -0.15) is 0 Å². The second-order valence-corrected chi connectivity index (χ2v) is 4.75. The molecule has 0 fully saturated rings. The molecule has 1 atom stereocenters. The van der Waals surface area contributed by atoms with E-state index in [0.717, 1.165) is 11.4 Å². The summed E-state index contributed by atoms with van der Waals surface area (Å²) < 4.78 is 0. The first-order valence-electron chi connectivity index (χ1n) is 6.31. The molecule has 0 saturated heterocycles. The van der Waals surface area contributed by atoms with Gasteiger partial charge in [0.15, 0.2) is 0 Å². The normalized spacial score (nSPS) is 12.4. The van der Waals surface area contributed by atoms with Crippen molar-refractivity contribution in [2.45, 2.75) is 46.6 Å². The van der Waals surface area contributed by atoms with E-state index < -0.39 is 5.97 Å². The molecule has 4 nitrogen and oxygen atoms in total. The zero-order valence-corrected chi connectivity index (χ0v) is 11.6. The quantitative estimate of drug-likeness (QED) is 0.762. The van der Waals surface area contributed by atoms with Crippen molar-refractivity contribution in [3.63, 3.8) is 0 Å². The Hall–Kier alpha value is -1.42. The third-order valence-electron chi connectivity index (χ3n) is 3.04. The van der Waals surface area contributed by atoms with Crippen molar-refractivity contribution >= 4 is 5.97 Å². The SMILES string of the molecule is Cc1cc(C)c(C(C)NCCCC(=O)O)c(C)n1. The fraction of sp³-hybridized carbons (Fsp3) is 0.571. The monoisotopic (exact) mass is 250 g/mol. The molecular weight excluding hydrogens is 228 g/mol. The number of aromatic nitrogens is 1. The Labute approximate surface area is 108 Å². The number of aliphatic carboxylic acids is 1. The van der Waals surface area contributed by atoms with Crippen molar-refractivity contribution in [1.29, 1.82) is 0 Å². The molecular formula is C14H22N2O2. The maximum atomic E-state index is 10.4. The summed E-state index contributed by atoms with van der Waals surface area (Å²) in [5.41, 5.74) is 4.53. The highest BCUT2D eigenvalue weighted by molar-refractivity contribution is 5.66. The van der Waals surface area contributed by atoms with Crippen LogP contribution in [0.2, 0.25) is 0 Å². The number of rotatable bonds is 6. The minimum atomic E-state index is -0.742. The van der Waals surface area contributed by atoms with Gasteiger partial charge in [0.1, 0.15) is 0 Å². The summed E-state index contributed by atoms with van der Waals surface area (Å²) in [4.78, 5) is 14.9. The number of aryl methyl sites for hydroxylation is 3. The van der Waals surface area contributed by atoms with Gasteiger partial charge in [0.05, 0.1) is 0 Å². The Balaban J connectivity index is 2.61. The van der Waals surface area contributed by atoms with Crippen LogP contribution in [0.4, 0.5) is 0 Å². The van der Waals surface area contributed by atoms with Crippen molar-refractivity contribution in [1.82, 2.24) is 10.3 Å². The van der Waals surface area contributed by atoms with E-state index in [1.54, 1.807) is 0 Å². The van der Waals surface area contributed by atoms with E-state index in [-0.39, 0.29) is 12.5 Å². The zero-order valence-electron chi connectivity index (χ0n) is 11.6. The molecule has 1 unspecified atom stereocenters. The van der Waals surface area contributed by atoms with Gasteiger partial charge < -0.3 is 10.4 Å². The molecule has 0 aliphatic rings. The minimum Gasteiger partial charge on any atom is -0.481 e. The number of pyridine rings is 1. The van der Waals surface area contributed by atoms with Gasteiger partial charge in [-0.15, -0.1) is 0 Å². The average Bonchev–Trinajstić information content (AvgIpc) is 2.22. The van der Waals surface area contributed by atoms with Gasteiger partial charge >= 0.3 is 5.97 Å². The Morgan fingerprint density at radius 2 is 2.11 bits per heavy atom. The molecule has 2 N–H and O–H groups in total. The molecule has 100 valence electrons. The summed E-state index contributed by atoms with van der Waals surface area (Å²) in [7, 11) is 0. The number of carboxylic acids is 1. The molecule has 0 spiro atoms. The lowest BCUT2D eigenvalue weighted by atomic mass is 10.0. The molecule has 18 heavy (non-hydrogen) atoms.